The second-order valence-corrected chi connectivity index (χ2v) is 9.85. The maximum atomic E-state index is 14.1. The van der Waals surface area contributed by atoms with Crippen molar-refractivity contribution >= 4 is 34.3 Å². The summed E-state index contributed by atoms with van der Waals surface area (Å²) in [6, 6.07) is 7.95. The smallest absolute Gasteiger partial charge is 0.273 e. The summed E-state index contributed by atoms with van der Waals surface area (Å²) in [7, 11) is 0. The highest BCUT2D eigenvalue weighted by molar-refractivity contribution is 6.14. The third kappa shape index (κ3) is 3.29. The fourth-order valence-electron chi connectivity index (χ4n) is 6.04. The van der Waals surface area contributed by atoms with E-state index in [4.69, 9.17) is 0 Å². The van der Waals surface area contributed by atoms with Crippen LogP contribution in [0.1, 0.15) is 75.7 Å². The Morgan fingerprint density at radius 3 is 2.38 bits per heavy atom. The van der Waals surface area contributed by atoms with Gasteiger partial charge < -0.3 is 20.1 Å². The van der Waals surface area contributed by atoms with Gasteiger partial charge in [-0.3, -0.25) is 14.4 Å². The van der Waals surface area contributed by atoms with Gasteiger partial charge in [0.2, 0.25) is 11.8 Å². The zero-order chi connectivity index (χ0) is 22.5. The van der Waals surface area contributed by atoms with E-state index in [0.29, 0.717) is 17.9 Å². The van der Waals surface area contributed by atoms with Crippen LogP contribution in [0.3, 0.4) is 0 Å². The van der Waals surface area contributed by atoms with E-state index in [0.717, 1.165) is 62.3 Å². The van der Waals surface area contributed by atoms with Crippen molar-refractivity contribution in [2.45, 2.75) is 89.4 Å². The Bertz CT molecular complexity index is 1080. The number of fused-ring (bicyclic) bond motifs is 3. The number of anilines is 1. The number of para-hydroxylation sites is 1. The fraction of sp³-hybridized carbons (Fsp3) is 0.560. The van der Waals surface area contributed by atoms with Crippen molar-refractivity contribution in [3.8, 4) is 0 Å². The van der Waals surface area contributed by atoms with Crippen LogP contribution in [0.15, 0.2) is 24.3 Å². The Morgan fingerprint density at radius 1 is 1.03 bits per heavy atom. The number of rotatable bonds is 4. The largest absolute Gasteiger partial charge is 0.351 e. The van der Waals surface area contributed by atoms with Gasteiger partial charge in [-0.1, -0.05) is 43.9 Å². The molecule has 3 aliphatic rings. The minimum absolute atomic E-state index is 0.0405. The van der Waals surface area contributed by atoms with Crippen molar-refractivity contribution in [1.29, 1.82) is 0 Å². The number of amides is 3. The molecule has 1 aromatic heterocycles. The number of nitrogens with one attached hydrogen (secondary N) is 2. The molecule has 3 amide bonds. The molecule has 0 radical (unpaired) electrons. The molecule has 2 fully saturated rings. The van der Waals surface area contributed by atoms with Crippen LogP contribution in [0.2, 0.25) is 0 Å². The van der Waals surface area contributed by atoms with Crippen LogP contribution in [-0.4, -0.2) is 44.8 Å². The number of aromatic nitrogens is 1. The molecule has 7 heteroatoms. The van der Waals surface area contributed by atoms with Gasteiger partial charge in [-0.25, -0.2) is 0 Å². The molecule has 1 unspecified atom stereocenters. The van der Waals surface area contributed by atoms with Crippen LogP contribution >= 0.6 is 0 Å². The predicted molar refractivity (Wildman–Crippen MR) is 123 cm³/mol. The average Bonchev–Trinajstić information content (AvgIpc) is 3.50. The average molecular weight is 437 g/mol. The Kier molecular flexibility index (Phi) is 5.22. The number of carbonyl (C=O) groups excluding carboxylic acids is 3. The Hall–Kier alpha value is -2.83. The molecular weight excluding hydrogens is 404 g/mol. The lowest BCUT2D eigenvalue weighted by Crippen LogP contribution is -2.67. The summed E-state index contributed by atoms with van der Waals surface area (Å²) in [5, 5.41) is 7.00. The van der Waals surface area contributed by atoms with Crippen LogP contribution in [0.25, 0.3) is 10.9 Å². The van der Waals surface area contributed by atoms with E-state index in [9.17, 15) is 14.4 Å². The van der Waals surface area contributed by atoms with E-state index in [1.807, 2.05) is 40.7 Å². The highest BCUT2D eigenvalue weighted by atomic mass is 16.2. The predicted octanol–water partition coefficient (Wildman–Crippen LogP) is 3.82. The van der Waals surface area contributed by atoms with E-state index < -0.39 is 5.54 Å². The van der Waals surface area contributed by atoms with Crippen molar-refractivity contribution in [1.82, 2.24) is 14.8 Å². The maximum absolute atomic E-state index is 14.1. The SMILES string of the molecule is CC(=O)Nc1c2n(c3ccccc13)CC(C)(C(=O)NC1CCCC1)N(C1CCCC1)C2=O. The lowest BCUT2D eigenvalue weighted by molar-refractivity contribution is -0.135. The Morgan fingerprint density at radius 2 is 1.69 bits per heavy atom. The third-order valence-electron chi connectivity index (χ3n) is 7.56. The minimum atomic E-state index is -0.975. The number of benzene rings is 1. The van der Waals surface area contributed by atoms with Gasteiger partial charge in [0.05, 0.1) is 17.7 Å². The quantitative estimate of drug-likeness (QED) is 0.764. The molecular formula is C25H32N4O3. The van der Waals surface area contributed by atoms with E-state index in [2.05, 4.69) is 10.6 Å². The lowest BCUT2D eigenvalue weighted by Gasteiger charge is -2.47. The first-order valence-corrected chi connectivity index (χ1v) is 11.9. The van der Waals surface area contributed by atoms with Crippen LogP contribution in [0, 0.1) is 0 Å². The first kappa shape index (κ1) is 21.0. The summed E-state index contributed by atoms with van der Waals surface area (Å²) in [5.41, 5.74) is 0.932. The lowest BCUT2D eigenvalue weighted by atomic mass is 9.91. The minimum Gasteiger partial charge on any atom is -0.351 e. The molecule has 1 atom stereocenters. The van der Waals surface area contributed by atoms with Crippen LogP contribution < -0.4 is 10.6 Å². The summed E-state index contributed by atoms with van der Waals surface area (Å²) in [5.74, 6) is -0.432. The van der Waals surface area contributed by atoms with E-state index in [1.165, 1.54) is 6.92 Å². The topological polar surface area (TPSA) is 83.4 Å². The van der Waals surface area contributed by atoms with Gasteiger partial charge in [0.1, 0.15) is 11.2 Å². The number of carbonyl (C=O) groups is 3. The van der Waals surface area contributed by atoms with Crippen LogP contribution in [0.4, 0.5) is 5.69 Å². The molecule has 32 heavy (non-hydrogen) atoms. The van der Waals surface area contributed by atoms with Gasteiger partial charge in [-0.2, -0.15) is 0 Å². The summed E-state index contributed by atoms with van der Waals surface area (Å²) in [6.07, 6.45) is 8.24. The van der Waals surface area contributed by atoms with E-state index in [1.54, 1.807) is 0 Å². The second-order valence-electron chi connectivity index (χ2n) is 9.85. The Labute approximate surface area is 188 Å². The van der Waals surface area contributed by atoms with E-state index in [-0.39, 0.29) is 29.8 Å². The molecule has 0 bridgehead atoms. The van der Waals surface area contributed by atoms with Gasteiger partial charge in [0.25, 0.3) is 5.91 Å². The molecule has 2 aromatic rings. The molecule has 2 N–H and O–H groups in total. The van der Waals surface area contributed by atoms with Gasteiger partial charge in [0.15, 0.2) is 0 Å². The van der Waals surface area contributed by atoms with Gasteiger partial charge in [-0.15, -0.1) is 0 Å². The standard InChI is InChI=1S/C25H32N4O3/c1-16(30)26-21-19-13-7-8-14-20(19)28-15-25(2,24(32)27-17-9-3-4-10-17)29(23(31)22(21)28)18-11-5-6-12-18/h7-8,13-14,17-18H,3-6,9-12,15H2,1-2H3,(H,26,30)(H,27,32). The number of nitrogens with zero attached hydrogens (tertiary/aromatic N) is 2. The first-order chi connectivity index (χ1) is 15.4. The fourth-order valence-corrected chi connectivity index (χ4v) is 6.04. The van der Waals surface area contributed by atoms with Gasteiger partial charge in [0, 0.05) is 24.4 Å². The molecule has 1 aromatic carbocycles. The molecule has 2 heterocycles. The summed E-state index contributed by atoms with van der Waals surface area (Å²) in [6.45, 7) is 3.76. The molecule has 0 saturated heterocycles. The van der Waals surface area contributed by atoms with Crippen molar-refractivity contribution in [3.05, 3.63) is 30.0 Å². The summed E-state index contributed by atoms with van der Waals surface area (Å²) >= 11 is 0. The van der Waals surface area contributed by atoms with E-state index >= 15 is 0 Å². The van der Waals surface area contributed by atoms with Crippen molar-refractivity contribution < 1.29 is 14.4 Å². The molecule has 2 aliphatic carbocycles. The normalized spacial score (nSPS) is 24.2. The molecule has 170 valence electrons. The molecule has 5 rings (SSSR count). The van der Waals surface area contributed by atoms with Crippen LogP contribution in [-0.2, 0) is 16.1 Å². The molecule has 1 aliphatic heterocycles. The van der Waals surface area contributed by atoms with Crippen molar-refractivity contribution in [3.63, 3.8) is 0 Å². The first-order valence-electron chi connectivity index (χ1n) is 11.9. The highest BCUT2D eigenvalue weighted by Crippen LogP contribution is 2.42. The third-order valence-corrected chi connectivity index (χ3v) is 7.56. The van der Waals surface area contributed by atoms with Gasteiger partial charge >= 0.3 is 0 Å². The highest BCUT2D eigenvalue weighted by Gasteiger charge is 2.52. The Balaban J connectivity index is 1.64. The van der Waals surface area contributed by atoms with Crippen LogP contribution in [0.5, 0.6) is 0 Å². The monoisotopic (exact) mass is 436 g/mol. The molecule has 0 spiro atoms. The number of hydrogen-bond donors (Lipinski definition) is 2. The second kappa shape index (κ2) is 7.94. The maximum Gasteiger partial charge on any atom is 0.273 e. The van der Waals surface area contributed by atoms with Gasteiger partial charge in [-0.05, 0) is 38.7 Å². The van der Waals surface area contributed by atoms with Crippen molar-refractivity contribution in [2.75, 3.05) is 5.32 Å². The molecule has 2 saturated carbocycles. The summed E-state index contributed by atoms with van der Waals surface area (Å²) in [4.78, 5) is 41.7. The molecule has 7 nitrogen and oxygen atoms in total. The zero-order valence-corrected chi connectivity index (χ0v) is 18.9. The number of hydrogen-bond acceptors (Lipinski definition) is 3. The zero-order valence-electron chi connectivity index (χ0n) is 18.9. The van der Waals surface area contributed by atoms with Crippen molar-refractivity contribution in [2.24, 2.45) is 0 Å². The summed E-state index contributed by atoms with van der Waals surface area (Å²) < 4.78 is 1.95.